The lowest BCUT2D eigenvalue weighted by molar-refractivity contribution is 0.0635. The Bertz CT molecular complexity index is 1430. The zero-order chi connectivity index (χ0) is 27.3. The monoisotopic (exact) mass is 531 g/mol. The largest absolute Gasteiger partial charge is 0.444 e. The molecule has 0 saturated heterocycles. The molecular weight excluding hydrogens is 498 g/mol. The first-order chi connectivity index (χ1) is 18.1. The maximum absolute atomic E-state index is 13.3. The summed E-state index contributed by atoms with van der Waals surface area (Å²) in [7, 11) is 4.07. The highest BCUT2D eigenvalue weighted by atomic mass is 32.1. The molecule has 4 aromatic rings. The normalized spacial score (nSPS) is 11.4. The van der Waals surface area contributed by atoms with Gasteiger partial charge in [0.25, 0.3) is 5.91 Å². The van der Waals surface area contributed by atoms with Crippen LogP contribution in [-0.4, -0.2) is 54.7 Å². The van der Waals surface area contributed by atoms with Crippen LogP contribution in [0.1, 0.15) is 31.3 Å². The molecule has 0 bridgehead atoms. The zero-order valence-electron chi connectivity index (χ0n) is 22.3. The number of benzene rings is 2. The number of rotatable bonds is 8. The van der Waals surface area contributed by atoms with E-state index in [0.29, 0.717) is 11.4 Å². The smallest absolute Gasteiger partial charge is 0.412 e. The molecule has 2 amide bonds. The van der Waals surface area contributed by atoms with E-state index in [1.165, 1.54) is 0 Å². The number of fused-ring (bicyclic) bond motifs is 1. The molecule has 0 fully saturated rings. The maximum Gasteiger partial charge on any atom is 0.412 e. The molecule has 0 aliphatic carbocycles. The fourth-order valence-electron chi connectivity index (χ4n) is 3.75. The van der Waals surface area contributed by atoms with E-state index in [1.54, 1.807) is 50.4 Å². The first-order valence-corrected chi connectivity index (χ1v) is 13.2. The van der Waals surface area contributed by atoms with Crippen LogP contribution in [0.15, 0.2) is 66.2 Å². The van der Waals surface area contributed by atoms with Gasteiger partial charge in [-0.1, -0.05) is 18.2 Å². The topological polar surface area (TPSA) is 95.6 Å². The fourth-order valence-corrected chi connectivity index (χ4v) is 4.48. The number of nitrogens with one attached hydrogen (secondary N) is 3. The Hall–Kier alpha value is -3.95. The Kier molecular flexibility index (Phi) is 8.29. The van der Waals surface area contributed by atoms with Crippen LogP contribution in [0, 0.1) is 0 Å². The highest BCUT2D eigenvalue weighted by Gasteiger charge is 2.19. The number of thiophene rings is 1. The van der Waals surface area contributed by atoms with E-state index < -0.39 is 11.7 Å². The quantitative estimate of drug-likeness (QED) is 0.239. The molecule has 0 radical (unpaired) electrons. The summed E-state index contributed by atoms with van der Waals surface area (Å²) in [4.78, 5) is 33.3. The Morgan fingerprint density at radius 1 is 0.974 bits per heavy atom. The van der Waals surface area contributed by atoms with Crippen molar-refractivity contribution in [2.24, 2.45) is 0 Å². The number of aromatic nitrogens is 1. The summed E-state index contributed by atoms with van der Waals surface area (Å²) in [6.07, 6.45) is 1.10. The van der Waals surface area contributed by atoms with Gasteiger partial charge in [0.1, 0.15) is 11.3 Å². The van der Waals surface area contributed by atoms with Crippen LogP contribution in [0.25, 0.3) is 21.2 Å². The summed E-state index contributed by atoms with van der Waals surface area (Å²) >= 11 is 1.59. The van der Waals surface area contributed by atoms with Gasteiger partial charge in [-0.25, -0.2) is 4.79 Å². The molecule has 8 nitrogen and oxygen atoms in total. The number of hydrogen-bond acceptors (Lipinski definition) is 7. The molecular formula is C29H33N5O3S. The second-order valence-electron chi connectivity index (χ2n) is 10.2. The highest BCUT2D eigenvalue weighted by Crippen LogP contribution is 2.32. The van der Waals surface area contributed by atoms with Gasteiger partial charge in [-0.05, 0) is 87.6 Å². The lowest BCUT2D eigenvalue weighted by Gasteiger charge is -2.21. The van der Waals surface area contributed by atoms with Crippen LogP contribution >= 0.6 is 11.3 Å². The third-order valence-corrected chi connectivity index (χ3v) is 6.47. The summed E-state index contributed by atoms with van der Waals surface area (Å²) in [6, 6.07) is 17.2. The number of carbonyl (C=O) groups excluding carboxylic acids is 2. The van der Waals surface area contributed by atoms with Crippen LogP contribution in [-0.2, 0) is 4.74 Å². The molecule has 0 atom stereocenters. The molecule has 2 heterocycles. The van der Waals surface area contributed by atoms with Crippen LogP contribution in [0.2, 0.25) is 0 Å². The molecule has 3 N–H and O–H groups in total. The average molecular weight is 532 g/mol. The molecule has 0 unspecified atom stereocenters. The van der Waals surface area contributed by atoms with Crippen molar-refractivity contribution in [1.29, 1.82) is 0 Å². The average Bonchev–Trinajstić information content (AvgIpc) is 3.38. The Balaban J connectivity index is 1.56. The molecule has 2 aromatic carbocycles. The van der Waals surface area contributed by atoms with Crippen molar-refractivity contribution in [3.8, 4) is 10.4 Å². The van der Waals surface area contributed by atoms with Gasteiger partial charge in [-0.2, -0.15) is 0 Å². The molecule has 0 spiro atoms. The van der Waals surface area contributed by atoms with E-state index in [2.05, 4.69) is 25.8 Å². The highest BCUT2D eigenvalue weighted by molar-refractivity contribution is 7.13. The summed E-state index contributed by atoms with van der Waals surface area (Å²) in [5.41, 5.74) is 2.43. The number of likely N-dealkylation sites (N-methyl/N-ethyl adjacent to an activating group) is 1. The number of carbonyl (C=O) groups is 2. The Morgan fingerprint density at radius 2 is 1.79 bits per heavy atom. The Labute approximate surface area is 227 Å². The molecule has 0 saturated carbocycles. The fraction of sp³-hybridized carbons (Fsp3) is 0.276. The minimum absolute atomic E-state index is 0.274. The molecule has 4 rings (SSSR count). The number of hydrogen-bond donors (Lipinski definition) is 3. The van der Waals surface area contributed by atoms with Gasteiger partial charge in [0.05, 0.1) is 11.4 Å². The third kappa shape index (κ3) is 7.30. The van der Waals surface area contributed by atoms with E-state index in [-0.39, 0.29) is 11.6 Å². The van der Waals surface area contributed by atoms with Crippen molar-refractivity contribution in [1.82, 2.24) is 9.88 Å². The SMILES string of the molecule is CN(C)CCNc1ccc2cc(C(=O)Nc3cc(-c4cccs4)ccc3NC(=O)OC(C)(C)C)ncc2c1. The summed E-state index contributed by atoms with van der Waals surface area (Å²) in [6.45, 7) is 7.14. The molecule has 2 aromatic heterocycles. The molecule has 198 valence electrons. The number of anilines is 3. The van der Waals surface area contributed by atoms with Gasteiger partial charge < -0.3 is 20.3 Å². The third-order valence-electron chi connectivity index (χ3n) is 5.55. The number of amides is 2. The van der Waals surface area contributed by atoms with E-state index in [9.17, 15) is 9.59 Å². The minimum Gasteiger partial charge on any atom is -0.444 e. The number of pyridine rings is 1. The van der Waals surface area contributed by atoms with Crippen molar-refractivity contribution < 1.29 is 14.3 Å². The van der Waals surface area contributed by atoms with Gasteiger partial charge in [0.15, 0.2) is 0 Å². The van der Waals surface area contributed by atoms with E-state index in [0.717, 1.165) is 40.0 Å². The van der Waals surface area contributed by atoms with Crippen molar-refractivity contribution in [3.05, 3.63) is 71.9 Å². The second kappa shape index (κ2) is 11.6. The molecule has 38 heavy (non-hydrogen) atoms. The van der Waals surface area contributed by atoms with Crippen LogP contribution in [0.4, 0.5) is 21.9 Å². The summed E-state index contributed by atoms with van der Waals surface area (Å²) in [5, 5.41) is 12.9. The molecule has 0 aliphatic rings. The number of nitrogens with zero attached hydrogens (tertiary/aromatic N) is 2. The number of ether oxygens (including phenoxy) is 1. The second-order valence-corrected chi connectivity index (χ2v) is 11.1. The van der Waals surface area contributed by atoms with Gasteiger partial charge in [-0.15, -0.1) is 11.3 Å². The van der Waals surface area contributed by atoms with Gasteiger partial charge in [0.2, 0.25) is 0 Å². The van der Waals surface area contributed by atoms with Crippen molar-refractivity contribution in [2.45, 2.75) is 26.4 Å². The summed E-state index contributed by atoms with van der Waals surface area (Å²) in [5.74, 6) is -0.379. The van der Waals surface area contributed by atoms with Crippen molar-refractivity contribution in [3.63, 3.8) is 0 Å². The predicted octanol–water partition coefficient (Wildman–Crippen LogP) is 6.54. The minimum atomic E-state index is -0.652. The standard InChI is InChI=1S/C29H33N5O3S/c1-29(2,3)37-28(36)33-23-11-9-20(26-7-6-14-38-26)17-24(23)32-27(35)25-16-19-8-10-22(15-21(19)18-31-25)30-12-13-34(4)5/h6-11,14-18,30H,12-13H2,1-5H3,(H,32,35)(H,33,36). The Morgan fingerprint density at radius 3 is 2.50 bits per heavy atom. The van der Waals surface area contributed by atoms with Gasteiger partial charge in [0, 0.05) is 35.2 Å². The van der Waals surface area contributed by atoms with Crippen molar-refractivity contribution >= 4 is 51.2 Å². The molecule has 9 heteroatoms. The van der Waals surface area contributed by atoms with E-state index in [1.807, 2.05) is 61.9 Å². The lowest BCUT2D eigenvalue weighted by Crippen LogP contribution is -2.27. The lowest BCUT2D eigenvalue weighted by atomic mass is 10.1. The van der Waals surface area contributed by atoms with Crippen LogP contribution < -0.4 is 16.0 Å². The zero-order valence-corrected chi connectivity index (χ0v) is 23.1. The van der Waals surface area contributed by atoms with Gasteiger partial charge >= 0.3 is 6.09 Å². The first kappa shape index (κ1) is 27.1. The van der Waals surface area contributed by atoms with Crippen molar-refractivity contribution in [2.75, 3.05) is 43.1 Å². The van der Waals surface area contributed by atoms with E-state index in [4.69, 9.17) is 4.74 Å². The molecule has 0 aliphatic heterocycles. The van der Waals surface area contributed by atoms with Gasteiger partial charge in [-0.3, -0.25) is 15.1 Å². The van der Waals surface area contributed by atoms with E-state index >= 15 is 0 Å². The summed E-state index contributed by atoms with van der Waals surface area (Å²) < 4.78 is 5.40. The predicted molar refractivity (Wildman–Crippen MR) is 156 cm³/mol. The van der Waals surface area contributed by atoms with Crippen LogP contribution in [0.3, 0.4) is 0 Å². The van der Waals surface area contributed by atoms with Crippen LogP contribution in [0.5, 0.6) is 0 Å². The first-order valence-electron chi connectivity index (χ1n) is 12.3. The maximum atomic E-state index is 13.3.